The smallest absolute Gasteiger partial charge is 0.133 e. The number of hydrogen-bond acceptors (Lipinski definition) is 3. The molecule has 2 aromatic heterocycles. The first-order valence-corrected chi connectivity index (χ1v) is 7.15. The van der Waals surface area contributed by atoms with Gasteiger partial charge in [-0.05, 0) is 40.6 Å². The highest BCUT2D eigenvalue weighted by molar-refractivity contribution is 14.1. The lowest BCUT2D eigenvalue weighted by atomic mass is 10.2. The van der Waals surface area contributed by atoms with Crippen molar-refractivity contribution in [3.63, 3.8) is 0 Å². The van der Waals surface area contributed by atoms with Crippen LogP contribution < -0.4 is 0 Å². The summed E-state index contributed by atoms with van der Waals surface area (Å²) in [6.07, 6.45) is 0. The minimum atomic E-state index is 0.527. The van der Waals surface area contributed by atoms with E-state index in [4.69, 9.17) is 0 Å². The van der Waals surface area contributed by atoms with Gasteiger partial charge in [0.1, 0.15) is 5.01 Å². The summed E-state index contributed by atoms with van der Waals surface area (Å²) >= 11 is 5.88. The van der Waals surface area contributed by atoms with E-state index in [0.29, 0.717) is 5.92 Å². The molecule has 2 aromatic rings. The summed E-state index contributed by atoms with van der Waals surface area (Å²) in [6.45, 7) is 4.36. The van der Waals surface area contributed by atoms with Gasteiger partial charge in [0.2, 0.25) is 0 Å². The Labute approximate surface area is 105 Å². The van der Waals surface area contributed by atoms with Crippen molar-refractivity contribution in [2.75, 3.05) is 0 Å². The van der Waals surface area contributed by atoms with Crippen LogP contribution in [-0.4, -0.2) is 4.98 Å². The Hall–Kier alpha value is 0.0600. The lowest BCUT2D eigenvalue weighted by molar-refractivity contribution is 0.834. The Bertz CT molecular complexity index is 431. The molecule has 0 aliphatic carbocycles. The molecule has 14 heavy (non-hydrogen) atoms. The van der Waals surface area contributed by atoms with Crippen LogP contribution in [0.5, 0.6) is 0 Å². The summed E-state index contributed by atoms with van der Waals surface area (Å²) < 4.78 is 1.32. The molecule has 0 radical (unpaired) electrons. The van der Waals surface area contributed by atoms with Gasteiger partial charge in [-0.1, -0.05) is 13.8 Å². The van der Waals surface area contributed by atoms with Crippen LogP contribution in [-0.2, 0) is 0 Å². The number of nitrogens with zero attached hydrogens (tertiary/aromatic N) is 1. The van der Waals surface area contributed by atoms with Crippen molar-refractivity contribution >= 4 is 45.3 Å². The predicted octanol–water partition coefficient (Wildman–Crippen LogP) is 4.60. The molecule has 74 valence electrons. The lowest BCUT2D eigenvalue weighted by Crippen LogP contribution is -1.85. The van der Waals surface area contributed by atoms with E-state index in [1.165, 1.54) is 13.5 Å². The van der Waals surface area contributed by atoms with Gasteiger partial charge >= 0.3 is 0 Å². The normalized spacial score (nSPS) is 11.1. The van der Waals surface area contributed by atoms with E-state index in [0.717, 1.165) is 5.01 Å². The molecule has 2 rings (SSSR count). The van der Waals surface area contributed by atoms with Crippen molar-refractivity contribution in [1.29, 1.82) is 0 Å². The Kier molecular flexibility index (Phi) is 3.23. The van der Waals surface area contributed by atoms with E-state index < -0.39 is 0 Å². The Morgan fingerprint density at radius 3 is 2.64 bits per heavy atom. The highest BCUT2D eigenvalue weighted by Gasteiger charge is 2.08. The Morgan fingerprint density at radius 1 is 1.36 bits per heavy atom. The van der Waals surface area contributed by atoms with Gasteiger partial charge in [0.15, 0.2) is 0 Å². The molecule has 0 aromatic carbocycles. The number of rotatable bonds is 2. The van der Waals surface area contributed by atoms with Gasteiger partial charge in [-0.3, -0.25) is 0 Å². The van der Waals surface area contributed by atoms with Crippen LogP contribution in [0.25, 0.3) is 9.88 Å². The Balaban J connectivity index is 2.33. The molecule has 0 saturated heterocycles. The zero-order chi connectivity index (χ0) is 10.1. The molecule has 0 unspecified atom stereocenters. The zero-order valence-electron chi connectivity index (χ0n) is 7.95. The molecule has 0 amide bonds. The van der Waals surface area contributed by atoms with Gasteiger partial charge in [-0.15, -0.1) is 22.7 Å². The van der Waals surface area contributed by atoms with E-state index in [1.807, 2.05) is 0 Å². The number of halogens is 1. The van der Waals surface area contributed by atoms with E-state index in [-0.39, 0.29) is 0 Å². The first-order valence-electron chi connectivity index (χ1n) is 4.38. The average Bonchev–Trinajstić information content (AvgIpc) is 2.70. The topological polar surface area (TPSA) is 12.9 Å². The number of thiazole rings is 1. The molecule has 0 atom stereocenters. The third kappa shape index (κ3) is 2.17. The highest BCUT2D eigenvalue weighted by Crippen LogP contribution is 2.32. The molecular weight excluding hydrogens is 325 g/mol. The van der Waals surface area contributed by atoms with Gasteiger partial charge in [0.25, 0.3) is 0 Å². The van der Waals surface area contributed by atoms with Crippen LogP contribution in [0.15, 0.2) is 17.5 Å². The van der Waals surface area contributed by atoms with Crippen molar-refractivity contribution in [2.45, 2.75) is 19.8 Å². The molecule has 0 bridgehead atoms. The van der Waals surface area contributed by atoms with Crippen molar-refractivity contribution in [2.24, 2.45) is 0 Å². The number of aromatic nitrogens is 1. The van der Waals surface area contributed by atoms with E-state index >= 15 is 0 Å². The second kappa shape index (κ2) is 4.28. The molecule has 0 fully saturated rings. The van der Waals surface area contributed by atoms with Crippen molar-refractivity contribution in [3.05, 3.63) is 26.1 Å². The van der Waals surface area contributed by atoms with Gasteiger partial charge in [-0.25, -0.2) is 4.98 Å². The monoisotopic (exact) mass is 335 g/mol. The minimum Gasteiger partial charge on any atom is -0.240 e. The molecule has 0 N–H and O–H groups in total. The fourth-order valence-electron chi connectivity index (χ4n) is 1.09. The van der Waals surface area contributed by atoms with Crippen molar-refractivity contribution < 1.29 is 0 Å². The van der Waals surface area contributed by atoms with Crippen LogP contribution in [0.3, 0.4) is 0 Å². The predicted molar refractivity (Wildman–Crippen MR) is 72.2 cm³/mol. The van der Waals surface area contributed by atoms with E-state index in [9.17, 15) is 0 Å². The summed E-state index contributed by atoms with van der Waals surface area (Å²) in [5.41, 5.74) is 1.20. The Morgan fingerprint density at radius 2 is 2.14 bits per heavy atom. The molecule has 2 heterocycles. The first-order chi connectivity index (χ1) is 6.66. The number of hydrogen-bond donors (Lipinski definition) is 0. The summed E-state index contributed by atoms with van der Waals surface area (Å²) in [5.74, 6) is 0.527. The van der Waals surface area contributed by atoms with Gasteiger partial charge in [0, 0.05) is 5.38 Å². The molecular formula is C10H10INS2. The lowest BCUT2D eigenvalue weighted by Gasteiger charge is -1.96. The summed E-state index contributed by atoms with van der Waals surface area (Å²) in [6, 6.07) is 4.28. The molecule has 1 nitrogen and oxygen atoms in total. The van der Waals surface area contributed by atoms with E-state index in [2.05, 4.69) is 58.9 Å². The third-order valence-electron chi connectivity index (χ3n) is 1.90. The number of thiophene rings is 1. The maximum Gasteiger partial charge on any atom is 0.133 e. The summed E-state index contributed by atoms with van der Waals surface area (Å²) in [5, 5.41) is 3.31. The van der Waals surface area contributed by atoms with Gasteiger partial charge in [0.05, 0.1) is 13.5 Å². The minimum absolute atomic E-state index is 0.527. The molecule has 0 aliphatic rings. The maximum atomic E-state index is 4.62. The fourth-order valence-corrected chi connectivity index (χ4v) is 3.77. The fraction of sp³-hybridized carbons (Fsp3) is 0.300. The van der Waals surface area contributed by atoms with Crippen molar-refractivity contribution in [1.82, 2.24) is 4.98 Å². The SMILES string of the molecule is CC(C)c1csc(-c2ccc(I)s2)n1. The van der Waals surface area contributed by atoms with Gasteiger partial charge in [-0.2, -0.15) is 0 Å². The van der Waals surface area contributed by atoms with E-state index in [1.54, 1.807) is 22.7 Å². The standard InChI is InChI=1S/C10H10INS2/c1-6(2)7-5-13-10(12-7)8-3-4-9(11)14-8/h3-6H,1-2H3. The first kappa shape index (κ1) is 10.6. The largest absolute Gasteiger partial charge is 0.240 e. The molecule has 0 aliphatic heterocycles. The van der Waals surface area contributed by atoms with Crippen LogP contribution in [0.4, 0.5) is 0 Å². The summed E-state index contributed by atoms with van der Waals surface area (Å²) in [7, 11) is 0. The van der Waals surface area contributed by atoms with Gasteiger partial charge < -0.3 is 0 Å². The maximum absolute atomic E-state index is 4.62. The van der Waals surface area contributed by atoms with Crippen molar-refractivity contribution in [3.8, 4) is 9.88 Å². The highest BCUT2D eigenvalue weighted by atomic mass is 127. The zero-order valence-corrected chi connectivity index (χ0v) is 11.7. The molecule has 0 saturated carbocycles. The second-order valence-electron chi connectivity index (χ2n) is 3.34. The van der Waals surface area contributed by atoms with Crippen LogP contribution >= 0.6 is 45.3 Å². The van der Waals surface area contributed by atoms with Crippen LogP contribution in [0.1, 0.15) is 25.5 Å². The average molecular weight is 335 g/mol. The second-order valence-corrected chi connectivity index (χ2v) is 7.17. The quantitative estimate of drug-likeness (QED) is 0.731. The van der Waals surface area contributed by atoms with Crippen LogP contribution in [0.2, 0.25) is 0 Å². The summed E-state index contributed by atoms with van der Waals surface area (Å²) in [4.78, 5) is 5.90. The van der Waals surface area contributed by atoms with Crippen LogP contribution in [0, 0.1) is 2.88 Å². The molecule has 4 heteroatoms. The molecule has 0 spiro atoms. The third-order valence-corrected chi connectivity index (χ3v) is 4.82.